The summed E-state index contributed by atoms with van der Waals surface area (Å²) in [4.78, 5) is 19.4. The van der Waals surface area contributed by atoms with E-state index in [1.807, 2.05) is 0 Å². The van der Waals surface area contributed by atoms with Gasteiger partial charge in [0.1, 0.15) is 0 Å². The predicted molar refractivity (Wildman–Crippen MR) is 79.8 cm³/mol. The third kappa shape index (κ3) is 8.73. The first kappa shape index (κ1) is 24.7. The minimum absolute atomic E-state index is 0.0559. The first-order valence-corrected chi connectivity index (χ1v) is 7.18. The Labute approximate surface area is 149 Å². The van der Waals surface area contributed by atoms with Crippen molar-refractivity contribution < 1.29 is 51.3 Å². The minimum atomic E-state index is -4.80. The van der Waals surface area contributed by atoms with Crippen LogP contribution in [0.4, 0.5) is 26.3 Å². The SMILES string of the molecule is CN[C@H](C)c1cc(C(F)(F)F)cc(C(F)(F)F)c1.O=C(O)C[C@@H](O)C(=O)O. The molecule has 6 nitrogen and oxygen atoms in total. The van der Waals surface area contributed by atoms with E-state index in [0.29, 0.717) is 0 Å². The van der Waals surface area contributed by atoms with Crippen molar-refractivity contribution >= 4 is 11.9 Å². The average Bonchev–Trinajstić information content (AvgIpc) is 2.51. The van der Waals surface area contributed by atoms with Gasteiger partial charge in [0.25, 0.3) is 0 Å². The topological polar surface area (TPSA) is 107 Å². The third-order valence-electron chi connectivity index (χ3n) is 3.20. The Bertz CT molecular complexity index is 627. The number of carboxylic acid groups (broad SMARTS) is 2. The molecule has 1 aromatic rings. The lowest BCUT2D eigenvalue weighted by atomic mass is 10.0. The van der Waals surface area contributed by atoms with Gasteiger partial charge in [-0.1, -0.05) is 0 Å². The summed E-state index contributed by atoms with van der Waals surface area (Å²) in [6.07, 6.45) is -12.1. The molecule has 0 saturated heterocycles. The number of hydrogen-bond acceptors (Lipinski definition) is 4. The van der Waals surface area contributed by atoms with Crippen LogP contribution in [-0.4, -0.2) is 40.4 Å². The van der Waals surface area contributed by atoms with Gasteiger partial charge in [-0.15, -0.1) is 0 Å². The van der Waals surface area contributed by atoms with Crippen LogP contribution in [0.3, 0.4) is 0 Å². The normalized spacial score (nSPS) is 14.0. The first-order chi connectivity index (χ1) is 12.1. The van der Waals surface area contributed by atoms with Crippen molar-refractivity contribution in [3.63, 3.8) is 0 Å². The molecule has 0 saturated carbocycles. The smallest absolute Gasteiger partial charge is 0.416 e. The second-order valence-electron chi connectivity index (χ2n) is 5.30. The zero-order valence-corrected chi connectivity index (χ0v) is 14.0. The molecule has 27 heavy (non-hydrogen) atoms. The Morgan fingerprint density at radius 2 is 1.41 bits per heavy atom. The van der Waals surface area contributed by atoms with Crippen LogP contribution in [0.1, 0.15) is 36.1 Å². The van der Waals surface area contributed by atoms with Crippen LogP contribution in [0.15, 0.2) is 18.2 Å². The quantitative estimate of drug-likeness (QED) is 0.562. The maximum atomic E-state index is 12.5. The van der Waals surface area contributed by atoms with Gasteiger partial charge in [0.05, 0.1) is 17.5 Å². The van der Waals surface area contributed by atoms with Crippen molar-refractivity contribution in [3.8, 4) is 0 Å². The number of aliphatic hydroxyl groups excluding tert-OH is 1. The Morgan fingerprint density at radius 3 is 1.63 bits per heavy atom. The van der Waals surface area contributed by atoms with Crippen LogP contribution in [0.5, 0.6) is 0 Å². The number of rotatable bonds is 5. The molecule has 0 spiro atoms. The monoisotopic (exact) mass is 405 g/mol. The van der Waals surface area contributed by atoms with E-state index in [9.17, 15) is 35.9 Å². The van der Waals surface area contributed by atoms with Gasteiger partial charge in [0, 0.05) is 6.04 Å². The van der Waals surface area contributed by atoms with E-state index in [1.165, 1.54) is 14.0 Å². The predicted octanol–water partition coefficient (Wildman–Crippen LogP) is 2.91. The molecule has 4 N–H and O–H groups in total. The number of halogens is 6. The molecular weight excluding hydrogens is 388 g/mol. The fourth-order valence-corrected chi connectivity index (χ4v) is 1.65. The van der Waals surface area contributed by atoms with E-state index < -0.39 is 54.0 Å². The highest BCUT2D eigenvalue weighted by Gasteiger charge is 2.37. The molecule has 0 aromatic heterocycles. The van der Waals surface area contributed by atoms with Gasteiger partial charge >= 0.3 is 24.3 Å². The summed E-state index contributed by atoms with van der Waals surface area (Å²) in [6.45, 7) is 1.48. The molecule has 0 aliphatic heterocycles. The van der Waals surface area contributed by atoms with E-state index in [1.54, 1.807) is 0 Å². The first-order valence-electron chi connectivity index (χ1n) is 7.18. The van der Waals surface area contributed by atoms with Crippen molar-refractivity contribution in [3.05, 3.63) is 34.9 Å². The molecule has 0 aliphatic rings. The Kier molecular flexibility index (Phi) is 8.73. The molecule has 0 heterocycles. The van der Waals surface area contributed by atoms with Crippen LogP contribution in [-0.2, 0) is 21.9 Å². The third-order valence-corrected chi connectivity index (χ3v) is 3.20. The van der Waals surface area contributed by atoms with Crippen LogP contribution in [0.25, 0.3) is 0 Å². The Balaban J connectivity index is 0.000000636. The molecule has 2 atom stereocenters. The summed E-state index contributed by atoms with van der Waals surface area (Å²) in [5, 5.41) is 26.7. The maximum Gasteiger partial charge on any atom is 0.416 e. The van der Waals surface area contributed by atoms with Crippen molar-refractivity contribution in [2.75, 3.05) is 7.05 Å². The van der Waals surface area contributed by atoms with Crippen molar-refractivity contribution in [1.82, 2.24) is 5.32 Å². The lowest BCUT2D eigenvalue weighted by Crippen LogP contribution is -2.22. The number of aliphatic carboxylic acids is 2. The zero-order valence-electron chi connectivity index (χ0n) is 14.0. The van der Waals surface area contributed by atoms with Crippen molar-refractivity contribution in [2.45, 2.75) is 37.8 Å². The molecule has 0 aliphatic carbocycles. The maximum absolute atomic E-state index is 12.5. The van der Waals surface area contributed by atoms with Gasteiger partial charge < -0.3 is 20.6 Å². The highest BCUT2D eigenvalue weighted by molar-refractivity contribution is 5.79. The largest absolute Gasteiger partial charge is 0.481 e. The molecule has 0 unspecified atom stereocenters. The molecular formula is C15H17F6NO5. The summed E-state index contributed by atoms with van der Waals surface area (Å²) < 4.78 is 75.1. The molecule has 0 radical (unpaired) electrons. The van der Waals surface area contributed by atoms with Crippen molar-refractivity contribution in [1.29, 1.82) is 0 Å². The molecule has 1 rings (SSSR count). The summed E-state index contributed by atoms with van der Waals surface area (Å²) >= 11 is 0. The Morgan fingerprint density at radius 1 is 1.00 bits per heavy atom. The number of carbonyl (C=O) groups is 2. The van der Waals surface area contributed by atoms with Gasteiger partial charge in [0.15, 0.2) is 6.10 Å². The van der Waals surface area contributed by atoms with Crippen LogP contribution in [0, 0.1) is 0 Å². The van der Waals surface area contributed by atoms with E-state index in [2.05, 4.69) is 5.32 Å². The van der Waals surface area contributed by atoms with Crippen molar-refractivity contribution in [2.24, 2.45) is 0 Å². The Hall–Kier alpha value is -2.34. The molecule has 0 amide bonds. The number of benzene rings is 1. The average molecular weight is 405 g/mol. The molecule has 0 fully saturated rings. The standard InChI is InChI=1S/C11H11F6N.C4H6O5/c1-6(18-2)7-3-8(10(12,13)14)5-9(4-7)11(15,16)17;5-2(4(8)9)1-3(6)7/h3-6,18H,1-2H3;2,5H,1H2,(H,6,7)(H,8,9)/t6-;2-/m11/s1. The van der Waals surface area contributed by atoms with Crippen LogP contribution in [0.2, 0.25) is 0 Å². The summed E-state index contributed by atoms with van der Waals surface area (Å²) in [7, 11) is 1.46. The second kappa shape index (κ2) is 9.55. The molecule has 1 aromatic carbocycles. The van der Waals surface area contributed by atoms with Gasteiger partial charge in [-0.25, -0.2) is 4.79 Å². The van der Waals surface area contributed by atoms with Crippen LogP contribution < -0.4 is 5.32 Å². The number of nitrogens with one attached hydrogen (secondary N) is 1. The number of aliphatic hydroxyl groups is 1. The highest BCUT2D eigenvalue weighted by atomic mass is 19.4. The highest BCUT2D eigenvalue weighted by Crippen LogP contribution is 2.37. The van der Waals surface area contributed by atoms with Gasteiger partial charge in [-0.2, -0.15) is 26.3 Å². The van der Waals surface area contributed by atoms with Gasteiger partial charge in [-0.05, 0) is 37.7 Å². The lowest BCUT2D eigenvalue weighted by Gasteiger charge is -2.17. The molecule has 154 valence electrons. The van der Waals surface area contributed by atoms with E-state index in [-0.39, 0.29) is 11.6 Å². The minimum Gasteiger partial charge on any atom is -0.481 e. The lowest BCUT2D eigenvalue weighted by molar-refractivity contribution is -0.152. The van der Waals surface area contributed by atoms with E-state index in [0.717, 1.165) is 12.1 Å². The molecule has 12 heteroatoms. The zero-order chi connectivity index (χ0) is 21.6. The van der Waals surface area contributed by atoms with E-state index in [4.69, 9.17) is 15.3 Å². The summed E-state index contributed by atoms with van der Waals surface area (Å²) in [5.41, 5.74) is -2.65. The number of alkyl halides is 6. The summed E-state index contributed by atoms with van der Waals surface area (Å²) in [5.74, 6) is -2.85. The number of carboxylic acids is 2. The van der Waals surface area contributed by atoms with E-state index >= 15 is 0 Å². The number of hydrogen-bond donors (Lipinski definition) is 4. The van der Waals surface area contributed by atoms with Gasteiger partial charge in [-0.3, -0.25) is 4.79 Å². The fraction of sp³-hybridized carbons (Fsp3) is 0.467. The fourth-order valence-electron chi connectivity index (χ4n) is 1.65. The van der Waals surface area contributed by atoms with Gasteiger partial charge in [0.2, 0.25) is 0 Å². The summed E-state index contributed by atoms with van der Waals surface area (Å²) in [6, 6.07) is 0.951. The van der Waals surface area contributed by atoms with Crippen LogP contribution >= 0.6 is 0 Å². The molecule has 0 bridgehead atoms. The second-order valence-corrected chi connectivity index (χ2v) is 5.30.